The lowest BCUT2D eigenvalue weighted by Crippen LogP contribution is -2.03. The molecule has 0 amide bonds. The van der Waals surface area contributed by atoms with Gasteiger partial charge in [0.25, 0.3) is 0 Å². The summed E-state index contributed by atoms with van der Waals surface area (Å²) in [6, 6.07) is 8.43. The van der Waals surface area contributed by atoms with E-state index in [9.17, 15) is 13.2 Å². The molecule has 0 radical (unpaired) electrons. The van der Waals surface area contributed by atoms with Crippen LogP contribution in [0.15, 0.2) is 44.6 Å². The van der Waals surface area contributed by atoms with E-state index in [1.54, 1.807) is 17.4 Å². The molecule has 0 N–H and O–H groups in total. The van der Waals surface area contributed by atoms with E-state index in [2.05, 4.69) is 26.1 Å². The van der Waals surface area contributed by atoms with Crippen LogP contribution in [0.2, 0.25) is 0 Å². The highest BCUT2D eigenvalue weighted by molar-refractivity contribution is 9.11. The van der Waals surface area contributed by atoms with Crippen LogP contribution >= 0.6 is 27.3 Å². The summed E-state index contributed by atoms with van der Waals surface area (Å²) in [6.07, 6.45) is -0.894. The van der Waals surface area contributed by atoms with Crippen molar-refractivity contribution in [2.45, 2.75) is 6.18 Å². The lowest BCUT2D eigenvalue weighted by atomic mass is 10.1. The number of rotatable bonds is 3. The van der Waals surface area contributed by atoms with E-state index in [4.69, 9.17) is 4.42 Å². The predicted molar refractivity (Wildman–Crippen MR) is 85.7 cm³/mol. The molecule has 0 aliphatic rings. The standard InChI is InChI=1S/C15H8BrF3N2OS/c16-12-7-5-11(23-12)6-8-13-20-21-14(22-13)9-1-3-10(4-2-9)15(17,18)19/h1-8H/b8-6+. The molecule has 1 aromatic carbocycles. The van der Waals surface area contributed by atoms with Crippen LogP contribution in [0.1, 0.15) is 16.3 Å². The first kappa shape index (κ1) is 15.9. The van der Waals surface area contributed by atoms with E-state index in [-0.39, 0.29) is 11.8 Å². The molecule has 0 bridgehead atoms. The first-order valence-corrected chi connectivity index (χ1v) is 7.97. The second-order valence-corrected chi connectivity index (χ2v) is 6.99. The zero-order chi connectivity index (χ0) is 16.4. The third-order valence-electron chi connectivity index (χ3n) is 2.88. The fourth-order valence-electron chi connectivity index (χ4n) is 1.79. The smallest absolute Gasteiger partial charge is 0.416 e. The molecule has 0 saturated carbocycles. The van der Waals surface area contributed by atoms with Gasteiger partial charge < -0.3 is 4.42 Å². The maximum atomic E-state index is 12.5. The molecule has 0 unspecified atom stereocenters. The van der Waals surface area contributed by atoms with Gasteiger partial charge >= 0.3 is 6.18 Å². The highest BCUT2D eigenvalue weighted by Gasteiger charge is 2.30. The first-order chi connectivity index (χ1) is 10.9. The molecule has 0 atom stereocenters. The Morgan fingerprint density at radius 2 is 1.74 bits per heavy atom. The third-order valence-corrected chi connectivity index (χ3v) is 4.47. The number of benzene rings is 1. The SMILES string of the molecule is FC(F)(F)c1ccc(-c2nnc(/C=C/c3ccc(Br)s3)o2)cc1. The molecule has 3 nitrogen and oxygen atoms in total. The van der Waals surface area contributed by atoms with Gasteiger partial charge in [0.05, 0.1) is 9.35 Å². The van der Waals surface area contributed by atoms with Crippen molar-refractivity contribution in [2.75, 3.05) is 0 Å². The minimum atomic E-state index is -4.36. The van der Waals surface area contributed by atoms with Crippen molar-refractivity contribution in [1.82, 2.24) is 10.2 Å². The maximum Gasteiger partial charge on any atom is 0.416 e. The van der Waals surface area contributed by atoms with Gasteiger partial charge in [-0.25, -0.2) is 0 Å². The lowest BCUT2D eigenvalue weighted by Gasteiger charge is -2.05. The summed E-state index contributed by atoms with van der Waals surface area (Å²) in [7, 11) is 0. The minimum absolute atomic E-state index is 0.172. The number of alkyl halides is 3. The van der Waals surface area contributed by atoms with Crippen molar-refractivity contribution in [2.24, 2.45) is 0 Å². The van der Waals surface area contributed by atoms with E-state index >= 15 is 0 Å². The number of hydrogen-bond acceptors (Lipinski definition) is 4. The molecular formula is C15H8BrF3N2OS. The maximum absolute atomic E-state index is 12.5. The molecule has 3 rings (SSSR count). The van der Waals surface area contributed by atoms with Crippen molar-refractivity contribution < 1.29 is 17.6 Å². The van der Waals surface area contributed by atoms with Crippen molar-refractivity contribution in [3.05, 3.63) is 56.5 Å². The fourth-order valence-corrected chi connectivity index (χ4v) is 3.12. The summed E-state index contributed by atoms with van der Waals surface area (Å²) in [6.45, 7) is 0. The third kappa shape index (κ3) is 3.89. The number of thiophene rings is 1. The van der Waals surface area contributed by atoms with Crippen LogP contribution in [0, 0.1) is 0 Å². The van der Waals surface area contributed by atoms with Gasteiger partial charge in [-0.05, 0) is 58.4 Å². The Bertz CT molecular complexity index is 837. The van der Waals surface area contributed by atoms with Crippen molar-refractivity contribution >= 4 is 39.4 Å². The Hall–Kier alpha value is -1.93. The number of aromatic nitrogens is 2. The van der Waals surface area contributed by atoms with Gasteiger partial charge in [0.15, 0.2) is 0 Å². The van der Waals surface area contributed by atoms with Crippen molar-refractivity contribution in [3.8, 4) is 11.5 Å². The first-order valence-electron chi connectivity index (χ1n) is 6.36. The van der Waals surface area contributed by atoms with Crippen molar-refractivity contribution in [1.29, 1.82) is 0 Å². The van der Waals surface area contributed by atoms with Gasteiger partial charge in [-0.2, -0.15) is 13.2 Å². The Balaban J connectivity index is 1.77. The van der Waals surface area contributed by atoms with E-state index in [0.29, 0.717) is 5.56 Å². The van der Waals surface area contributed by atoms with Gasteiger partial charge in [0.2, 0.25) is 11.8 Å². The molecule has 2 aromatic heterocycles. The number of hydrogen-bond donors (Lipinski definition) is 0. The molecule has 118 valence electrons. The Morgan fingerprint density at radius 1 is 1.00 bits per heavy atom. The molecule has 0 spiro atoms. The van der Waals surface area contributed by atoms with Crippen LogP contribution in [-0.2, 0) is 6.18 Å². The molecule has 3 aromatic rings. The molecule has 2 heterocycles. The zero-order valence-electron chi connectivity index (χ0n) is 11.3. The quantitative estimate of drug-likeness (QED) is 0.561. The molecule has 0 saturated heterocycles. The highest BCUT2D eigenvalue weighted by Crippen LogP contribution is 2.31. The summed E-state index contributed by atoms with van der Waals surface area (Å²) in [5.41, 5.74) is -0.284. The Morgan fingerprint density at radius 3 is 2.35 bits per heavy atom. The minimum Gasteiger partial charge on any atom is -0.417 e. The summed E-state index contributed by atoms with van der Waals surface area (Å²) < 4.78 is 44.0. The summed E-state index contributed by atoms with van der Waals surface area (Å²) in [4.78, 5) is 1.01. The highest BCUT2D eigenvalue weighted by atomic mass is 79.9. The average molecular weight is 401 g/mol. The van der Waals surface area contributed by atoms with Gasteiger partial charge in [-0.1, -0.05) is 0 Å². The summed E-state index contributed by atoms with van der Waals surface area (Å²) >= 11 is 4.91. The zero-order valence-corrected chi connectivity index (χ0v) is 13.7. The molecule has 0 aliphatic carbocycles. The van der Waals surface area contributed by atoms with Crippen LogP contribution in [0.25, 0.3) is 23.6 Å². The Labute approximate surface area is 141 Å². The molecule has 23 heavy (non-hydrogen) atoms. The molecule has 0 aliphatic heterocycles. The average Bonchev–Trinajstić information content (AvgIpc) is 3.13. The predicted octanol–water partition coefficient (Wildman–Crippen LogP) is 5.75. The number of nitrogens with zero attached hydrogens (tertiary/aromatic N) is 2. The van der Waals surface area contributed by atoms with Crippen LogP contribution in [0.5, 0.6) is 0 Å². The molecular weight excluding hydrogens is 393 g/mol. The topological polar surface area (TPSA) is 38.9 Å². The van der Waals surface area contributed by atoms with Crippen LogP contribution in [0.4, 0.5) is 13.2 Å². The van der Waals surface area contributed by atoms with E-state index in [0.717, 1.165) is 20.8 Å². The Kier molecular flexibility index (Phi) is 4.36. The van der Waals surface area contributed by atoms with Gasteiger partial charge in [0, 0.05) is 16.5 Å². The van der Waals surface area contributed by atoms with Crippen LogP contribution in [-0.4, -0.2) is 10.2 Å². The lowest BCUT2D eigenvalue weighted by molar-refractivity contribution is -0.137. The monoisotopic (exact) mass is 400 g/mol. The van der Waals surface area contributed by atoms with Crippen molar-refractivity contribution in [3.63, 3.8) is 0 Å². The van der Waals surface area contributed by atoms with E-state index < -0.39 is 11.7 Å². The number of halogens is 4. The normalized spacial score (nSPS) is 12.2. The summed E-state index contributed by atoms with van der Waals surface area (Å²) in [5, 5.41) is 7.69. The largest absolute Gasteiger partial charge is 0.417 e. The second kappa shape index (κ2) is 6.29. The van der Waals surface area contributed by atoms with Crippen LogP contribution in [0.3, 0.4) is 0 Å². The van der Waals surface area contributed by atoms with Gasteiger partial charge in [0.1, 0.15) is 0 Å². The van der Waals surface area contributed by atoms with E-state index in [1.165, 1.54) is 12.1 Å². The fraction of sp³-hybridized carbons (Fsp3) is 0.0667. The van der Waals surface area contributed by atoms with Gasteiger partial charge in [-0.3, -0.25) is 0 Å². The molecule has 8 heteroatoms. The van der Waals surface area contributed by atoms with Crippen LogP contribution < -0.4 is 0 Å². The summed E-state index contributed by atoms with van der Waals surface area (Å²) in [5.74, 6) is 0.454. The van der Waals surface area contributed by atoms with Gasteiger partial charge in [-0.15, -0.1) is 21.5 Å². The second-order valence-electron chi connectivity index (χ2n) is 4.50. The molecule has 0 fully saturated rings. The van der Waals surface area contributed by atoms with E-state index in [1.807, 2.05) is 18.2 Å².